The molecule has 0 spiro atoms. The van der Waals surface area contributed by atoms with Crippen molar-refractivity contribution in [3.8, 4) is 17.0 Å². The maximum Gasteiger partial charge on any atom is 0.269 e. The number of nitrogens with zero attached hydrogens (tertiary/aromatic N) is 2. The van der Waals surface area contributed by atoms with Crippen LogP contribution in [-0.4, -0.2) is 22.1 Å². The molecule has 0 saturated heterocycles. The molecule has 1 aromatic carbocycles. The highest BCUT2D eigenvalue weighted by Gasteiger charge is 2.24. The number of ether oxygens (including phenoxy) is 1. The highest BCUT2D eigenvalue weighted by Crippen LogP contribution is 2.35. The zero-order valence-electron chi connectivity index (χ0n) is 16.9. The molecule has 0 radical (unpaired) electrons. The fourth-order valence-electron chi connectivity index (χ4n) is 3.56. The molecule has 3 aromatic rings. The normalized spacial score (nSPS) is 13.8. The van der Waals surface area contributed by atoms with Crippen LogP contribution in [-0.2, 0) is 0 Å². The van der Waals surface area contributed by atoms with Crippen molar-refractivity contribution in [2.24, 2.45) is 11.7 Å². The lowest BCUT2D eigenvalue weighted by atomic mass is 9.93. The maximum absolute atomic E-state index is 14.4. The average Bonchev–Trinajstić information content (AvgIpc) is 2.64. The van der Waals surface area contributed by atoms with Crippen LogP contribution in [0, 0.1) is 17.6 Å². The summed E-state index contributed by atoms with van der Waals surface area (Å²) in [5.74, 6) is -1.52. The van der Waals surface area contributed by atoms with Crippen molar-refractivity contribution in [3.05, 3.63) is 53.9 Å². The van der Waals surface area contributed by atoms with Crippen LogP contribution in [0.1, 0.15) is 39.2 Å². The van der Waals surface area contributed by atoms with Gasteiger partial charge in [0.1, 0.15) is 18.2 Å². The van der Waals surface area contributed by atoms with Gasteiger partial charge in [-0.3, -0.25) is 4.98 Å². The second-order valence-corrected chi connectivity index (χ2v) is 8.10. The Morgan fingerprint density at radius 3 is 2.53 bits per heavy atom. The number of fused-ring (bicyclic) bond motifs is 1. The van der Waals surface area contributed by atoms with E-state index in [-0.39, 0.29) is 34.5 Å². The predicted octanol–water partition coefficient (Wildman–Crippen LogP) is 5.65. The molecular formula is C22H23F4N3O. The Morgan fingerprint density at radius 1 is 1.13 bits per heavy atom. The van der Waals surface area contributed by atoms with Crippen LogP contribution < -0.4 is 10.5 Å². The van der Waals surface area contributed by atoms with Crippen LogP contribution >= 0.6 is 0 Å². The third-order valence-electron chi connectivity index (χ3n) is 4.60. The number of halogens is 4. The van der Waals surface area contributed by atoms with Gasteiger partial charge in [0.25, 0.3) is 6.43 Å². The molecule has 0 amide bonds. The third kappa shape index (κ3) is 4.87. The Labute approximate surface area is 172 Å². The lowest BCUT2D eigenvalue weighted by Gasteiger charge is -2.26. The largest absolute Gasteiger partial charge is 0.475 e. The van der Waals surface area contributed by atoms with E-state index in [0.717, 1.165) is 12.1 Å². The molecule has 8 heteroatoms. The summed E-state index contributed by atoms with van der Waals surface area (Å²) >= 11 is 0. The van der Waals surface area contributed by atoms with Gasteiger partial charge in [-0.1, -0.05) is 13.8 Å². The first-order chi connectivity index (χ1) is 14.1. The summed E-state index contributed by atoms with van der Waals surface area (Å²) < 4.78 is 60.9. The first kappa shape index (κ1) is 22.0. The first-order valence-electron chi connectivity index (χ1n) is 9.51. The maximum atomic E-state index is 14.4. The van der Waals surface area contributed by atoms with Crippen LogP contribution in [0.2, 0.25) is 0 Å². The van der Waals surface area contributed by atoms with E-state index in [0.29, 0.717) is 12.3 Å². The van der Waals surface area contributed by atoms with E-state index in [1.165, 1.54) is 24.5 Å². The van der Waals surface area contributed by atoms with Gasteiger partial charge >= 0.3 is 0 Å². The van der Waals surface area contributed by atoms with Crippen molar-refractivity contribution in [1.82, 2.24) is 9.97 Å². The van der Waals surface area contributed by atoms with Crippen LogP contribution in [0.15, 0.2) is 36.7 Å². The lowest BCUT2D eigenvalue weighted by Crippen LogP contribution is -2.43. The van der Waals surface area contributed by atoms with Gasteiger partial charge in [0, 0.05) is 41.0 Å². The van der Waals surface area contributed by atoms with Gasteiger partial charge in [0.2, 0.25) is 5.88 Å². The molecule has 2 N–H and O–H groups in total. The van der Waals surface area contributed by atoms with Crippen molar-refractivity contribution in [2.45, 2.75) is 39.2 Å². The monoisotopic (exact) mass is 421 g/mol. The van der Waals surface area contributed by atoms with Gasteiger partial charge in [-0.15, -0.1) is 0 Å². The van der Waals surface area contributed by atoms with E-state index >= 15 is 0 Å². The van der Waals surface area contributed by atoms with Crippen LogP contribution in [0.3, 0.4) is 0 Å². The third-order valence-corrected chi connectivity index (χ3v) is 4.60. The van der Waals surface area contributed by atoms with Crippen molar-refractivity contribution in [2.75, 3.05) is 6.61 Å². The lowest BCUT2D eigenvalue weighted by molar-refractivity contribution is 0.137. The Balaban J connectivity index is 2.00. The Kier molecular flexibility index (Phi) is 6.26. The number of hydrogen-bond donors (Lipinski definition) is 1. The summed E-state index contributed by atoms with van der Waals surface area (Å²) in [6.07, 6.45) is 0.453. The molecule has 0 bridgehead atoms. The highest BCUT2D eigenvalue weighted by molar-refractivity contribution is 5.94. The standard InChI is InChI=1S/C22H23F4N3O/c1-12(2)9-22(3,27)11-30-21-16(20(25)26)6-13(10-29-21)15-4-5-28-18-8-14(23)7-17(24)19(15)18/h4-8,10,12,20H,9,11,27H2,1-3H3. The molecule has 0 aliphatic carbocycles. The van der Waals surface area contributed by atoms with Crippen molar-refractivity contribution < 1.29 is 22.3 Å². The summed E-state index contributed by atoms with van der Waals surface area (Å²) in [7, 11) is 0. The highest BCUT2D eigenvalue weighted by atomic mass is 19.3. The summed E-state index contributed by atoms with van der Waals surface area (Å²) in [6, 6.07) is 4.47. The molecule has 0 saturated carbocycles. The van der Waals surface area contributed by atoms with Gasteiger partial charge in [0.15, 0.2) is 0 Å². The number of nitrogens with two attached hydrogens (primary N) is 1. The topological polar surface area (TPSA) is 61.0 Å². The molecule has 4 nitrogen and oxygen atoms in total. The fraction of sp³-hybridized carbons (Fsp3) is 0.364. The minimum atomic E-state index is -2.86. The SMILES string of the molecule is CC(C)CC(C)(N)COc1ncc(-c2ccnc3cc(F)cc(F)c23)cc1C(F)F. The van der Waals surface area contributed by atoms with E-state index in [9.17, 15) is 17.6 Å². The first-order valence-corrected chi connectivity index (χ1v) is 9.51. The van der Waals surface area contributed by atoms with Crippen LogP contribution in [0.5, 0.6) is 5.88 Å². The van der Waals surface area contributed by atoms with Gasteiger partial charge in [-0.2, -0.15) is 0 Å². The summed E-state index contributed by atoms with van der Waals surface area (Å²) in [5, 5.41) is 0.0288. The van der Waals surface area contributed by atoms with Gasteiger partial charge < -0.3 is 10.5 Å². The number of alkyl halides is 2. The molecule has 1 atom stereocenters. The zero-order valence-corrected chi connectivity index (χ0v) is 16.9. The number of rotatable bonds is 7. The fourth-order valence-corrected chi connectivity index (χ4v) is 3.56. The number of hydrogen-bond acceptors (Lipinski definition) is 4. The quantitative estimate of drug-likeness (QED) is 0.501. The van der Waals surface area contributed by atoms with E-state index in [2.05, 4.69) is 9.97 Å². The van der Waals surface area contributed by atoms with Crippen molar-refractivity contribution >= 4 is 10.9 Å². The van der Waals surface area contributed by atoms with E-state index in [1.807, 2.05) is 13.8 Å². The minimum absolute atomic E-state index is 0.0172. The molecule has 0 fully saturated rings. The number of pyridine rings is 2. The molecule has 0 aliphatic heterocycles. The van der Waals surface area contributed by atoms with Crippen LogP contribution in [0.25, 0.3) is 22.0 Å². The molecule has 0 aliphatic rings. The smallest absolute Gasteiger partial charge is 0.269 e. The van der Waals surface area contributed by atoms with E-state index < -0.39 is 29.2 Å². The minimum Gasteiger partial charge on any atom is -0.475 e. The number of benzene rings is 1. The predicted molar refractivity (Wildman–Crippen MR) is 107 cm³/mol. The average molecular weight is 421 g/mol. The summed E-state index contributed by atoms with van der Waals surface area (Å²) in [4.78, 5) is 7.99. The summed E-state index contributed by atoms with van der Waals surface area (Å²) in [6.45, 7) is 5.82. The second-order valence-electron chi connectivity index (χ2n) is 8.10. The molecule has 2 heterocycles. The van der Waals surface area contributed by atoms with Gasteiger partial charge in [-0.25, -0.2) is 22.5 Å². The number of aromatic nitrogens is 2. The van der Waals surface area contributed by atoms with E-state index in [1.54, 1.807) is 6.92 Å². The molecular weight excluding hydrogens is 398 g/mol. The molecule has 2 aromatic heterocycles. The van der Waals surface area contributed by atoms with Crippen molar-refractivity contribution in [3.63, 3.8) is 0 Å². The summed E-state index contributed by atoms with van der Waals surface area (Å²) in [5.41, 5.74) is 5.65. The molecule has 3 rings (SSSR count). The zero-order chi connectivity index (χ0) is 22.1. The Morgan fingerprint density at radius 2 is 1.87 bits per heavy atom. The molecule has 160 valence electrons. The Bertz CT molecular complexity index is 1050. The van der Waals surface area contributed by atoms with Gasteiger partial charge in [-0.05, 0) is 37.0 Å². The Hall–Kier alpha value is -2.74. The van der Waals surface area contributed by atoms with E-state index in [4.69, 9.17) is 10.5 Å². The molecule has 30 heavy (non-hydrogen) atoms. The second kappa shape index (κ2) is 8.55. The van der Waals surface area contributed by atoms with Gasteiger partial charge in [0.05, 0.1) is 11.1 Å². The van der Waals surface area contributed by atoms with Crippen LogP contribution in [0.4, 0.5) is 17.6 Å². The molecule has 1 unspecified atom stereocenters. The van der Waals surface area contributed by atoms with Crippen molar-refractivity contribution in [1.29, 1.82) is 0 Å².